The van der Waals surface area contributed by atoms with Crippen molar-refractivity contribution in [3.63, 3.8) is 0 Å². The van der Waals surface area contributed by atoms with E-state index < -0.39 is 12.1 Å². The van der Waals surface area contributed by atoms with Crippen LogP contribution in [0.15, 0.2) is 18.2 Å². The molecule has 5 nitrogen and oxygen atoms in total. The number of nitrogens with zero attached hydrogens (tertiary/aromatic N) is 1. The number of carbonyl (C=O) groups is 1. The number of aliphatic hydroxyl groups is 1. The summed E-state index contributed by atoms with van der Waals surface area (Å²) in [6.07, 6.45) is 0.184. The van der Waals surface area contributed by atoms with Crippen LogP contribution in [0.4, 0.5) is 5.82 Å². The predicted molar refractivity (Wildman–Crippen MR) is 60.6 cm³/mol. The molecule has 0 aliphatic heterocycles. The molecular weight excluding hydrogens is 208 g/mol. The van der Waals surface area contributed by atoms with Crippen LogP contribution in [0.25, 0.3) is 0 Å². The Morgan fingerprint density at radius 3 is 2.75 bits per heavy atom. The Morgan fingerprint density at radius 1 is 1.50 bits per heavy atom. The second-order valence-corrected chi connectivity index (χ2v) is 3.84. The summed E-state index contributed by atoms with van der Waals surface area (Å²) < 4.78 is 0. The normalized spacial score (nSPS) is 14.2. The first-order chi connectivity index (χ1) is 7.49. The van der Waals surface area contributed by atoms with Gasteiger partial charge in [0.1, 0.15) is 5.82 Å². The molecule has 1 heterocycles. The molecule has 0 saturated carbocycles. The van der Waals surface area contributed by atoms with E-state index in [1.807, 2.05) is 6.92 Å². The van der Waals surface area contributed by atoms with Gasteiger partial charge in [-0.25, -0.2) is 9.78 Å². The Labute approximate surface area is 94.1 Å². The Morgan fingerprint density at radius 2 is 2.19 bits per heavy atom. The highest BCUT2D eigenvalue weighted by molar-refractivity contribution is 5.85. The zero-order valence-corrected chi connectivity index (χ0v) is 9.34. The number of hydrogen-bond donors (Lipinski definition) is 3. The molecule has 0 aromatic carbocycles. The maximum absolute atomic E-state index is 10.7. The molecule has 1 aromatic rings. The monoisotopic (exact) mass is 224 g/mol. The van der Waals surface area contributed by atoms with Gasteiger partial charge in [-0.15, -0.1) is 0 Å². The third-order valence-corrected chi connectivity index (χ3v) is 2.06. The predicted octanol–water partition coefficient (Wildman–Crippen LogP) is 1.35. The van der Waals surface area contributed by atoms with Gasteiger partial charge in [0.25, 0.3) is 0 Å². The molecule has 0 spiro atoms. The van der Waals surface area contributed by atoms with Crippen molar-refractivity contribution in [1.82, 2.24) is 4.98 Å². The molecule has 0 saturated heterocycles. The number of carboxylic acids is 1. The Bertz CT molecular complexity index is 366. The molecular formula is C11H16N2O3. The summed E-state index contributed by atoms with van der Waals surface area (Å²) in [5, 5.41) is 21.0. The highest BCUT2D eigenvalue weighted by Gasteiger charge is 2.08. The largest absolute Gasteiger partial charge is 0.477 e. The number of pyridine rings is 1. The molecule has 0 bridgehead atoms. The number of aromatic nitrogens is 1. The van der Waals surface area contributed by atoms with Crippen molar-refractivity contribution in [1.29, 1.82) is 0 Å². The highest BCUT2D eigenvalue weighted by Crippen LogP contribution is 2.09. The minimum atomic E-state index is -1.05. The summed E-state index contributed by atoms with van der Waals surface area (Å²) in [6, 6.07) is 4.81. The van der Waals surface area contributed by atoms with E-state index in [4.69, 9.17) is 5.11 Å². The van der Waals surface area contributed by atoms with Crippen LogP contribution in [-0.2, 0) is 0 Å². The van der Waals surface area contributed by atoms with E-state index in [2.05, 4.69) is 10.3 Å². The lowest BCUT2D eigenvalue weighted by atomic mass is 10.1. The van der Waals surface area contributed by atoms with E-state index in [0.29, 0.717) is 12.2 Å². The smallest absolute Gasteiger partial charge is 0.354 e. The van der Waals surface area contributed by atoms with Crippen LogP contribution in [0.1, 0.15) is 30.8 Å². The number of nitrogens with one attached hydrogen (secondary N) is 1. The van der Waals surface area contributed by atoms with E-state index >= 15 is 0 Å². The van der Waals surface area contributed by atoms with Crippen molar-refractivity contribution in [2.75, 3.05) is 5.32 Å². The third kappa shape index (κ3) is 3.86. The number of rotatable bonds is 5. The molecule has 0 amide bonds. The van der Waals surface area contributed by atoms with Gasteiger partial charge >= 0.3 is 5.97 Å². The van der Waals surface area contributed by atoms with Crippen molar-refractivity contribution in [2.24, 2.45) is 0 Å². The van der Waals surface area contributed by atoms with E-state index in [1.165, 1.54) is 6.07 Å². The van der Waals surface area contributed by atoms with Crippen molar-refractivity contribution < 1.29 is 15.0 Å². The molecule has 2 atom stereocenters. The molecule has 1 aromatic heterocycles. The summed E-state index contributed by atoms with van der Waals surface area (Å²) in [7, 11) is 0. The van der Waals surface area contributed by atoms with Crippen molar-refractivity contribution in [2.45, 2.75) is 32.4 Å². The molecule has 3 N–H and O–H groups in total. The van der Waals surface area contributed by atoms with Crippen molar-refractivity contribution in [3.8, 4) is 0 Å². The fourth-order valence-corrected chi connectivity index (χ4v) is 1.46. The minimum absolute atomic E-state index is 0.00856. The number of aliphatic hydroxyl groups excluding tert-OH is 1. The van der Waals surface area contributed by atoms with Gasteiger partial charge < -0.3 is 15.5 Å². The quantitative estimate of drug-likeness (QED) is 0.703. The molecule has 88 valence electrons. The number of aromatic carboxylic acids is 1. The van der Waals surface area contributed by atoms with Gasteiger partial charge in [-0.3, -0.25) is 0 Å². The topological polar surface area (TPSA) is 82.5 Å². The van der Waals surface area contributed by atoms with Gasteiger partial charge in [0, 0.05) is 6.04 Å². The summed E-state index contributed by atoms with van der Waals surface area (Å²) in [5.41, 5.74) is 0.00856. The van der Waals surface area contributed by atoms with Crippen LogP contribution < -0.4 is 5.32 Å². The average Bonchev–Trinajstić information content (AvgIpc) is 2.16. The van der Waals surface area contributed by atoms with Crippen LogP contribution in [-0.4, -0.2) is 33.3 Å². The van der Waals surface area contributed by atoms with Crippen LogP contribution in [0.5, 0.6) is 0 Å². The summed E-state index contributed by atoms with van der Waals surface area (Å²) in [6.45, 7) is 3.61. The number of hydrogen-bond acceptors (Lipinski definition) is 4. The molecule has 5 heteroatoms. The zero-order valence-electron chi connectivity index (χ0n) is 9.34. The van der Waals surface area contributed by atoms with Gasteiger partial charge in [-0.05, 0) is 32.4 Å². The van der Waals surface area contributed by atoms with Crippen LogP contribution in [0, 0.1) is 0 Å². The first-order valence-electron chi connectivity index (χ1n) is 5.14. The van der Waals surface area contributed by atoms with E-state index in [1.54, 1.807) is 19.1 Å². The Hall–Kier alpha value is -1.62. The van der Waals surface area contributed by atoms with Gasteiger partial charge in [-0.1, -0.05) is 6.07 Å². The van der Waals surface area contributed by atoms with Gasteiger partial charge in [0.2, 0.25) is 0 Å². The Balaban J connectivity index is 2.66. The Kier molecular flexibility index (Phi) is 4.25. The summed E-state index contributed by atoms with van der Waals surface area (Å²) >= 11 is 0. The fraction of sp³-hybridized carbons (Fsp3) is 0.455. The molecule has 0 aliphatic carbocycles. The lowest BCUT2D eigenvalue weighted by molar-refractivity contribution is 0.0690. The SMILES string of the molecule is CC(O)CC(C)Nc1cccc(C(=O)O)n1. The maximum Gasteiger partial charge on any atom is 0.354 e. The van der Waals surface area contributed by atoms with Crippen molar-refractivity contribution >= 4 is 11.8 Å². The van der Waals surface area contributed by atoms with Crippen LogP contribution >= 0.6 is 0 Å². The maximum atomic E-state index is 10.7. The average molecular weight is 224 g/mol. The molecule has 2 unspecified atom stereocenters. The van der Waals surface area contributed by atoms with Crippen molar-refractivity contribution in [3.05, 3.63) is 23.9 Å². The van der Waals surface area contributed by atoms with Gasteiger partial charge in [0.15, 0.2) is 5.69 Å². The summed E-state index contributed by atoms with van der Waals surface area (Å²) in [4.78, 5) is 14.6. The summed E-state index contributed by atoms with van der Waals surface area (Å²) in [5.74, 6) is -0.542. The second kappa shape index (κ2) is 5.46. The van der Waals surface area contributed by atoms with Crippen LogP contribution in [0.3, 0.4) is 0 Å². The zero-order chi connectivity index (χ0) is 12.1. The molecule has 0 aliphatic rings. The first kappa shape index (κ1) is 12.4. The van der Waals surface area contributed by atoms with E-state index in [-0.39, 0.29) is 11.7 Å². The molecule has 0 fully saturated rings. The second-order valence-electron chi connectivity index (χ2n) is 3.84. The fourth-order valence-electron chi connectivity index (χ4n) is 1.46. The first-order valence-corrected chi connectivity index (χ1v) is 5.14. The van der Waals surface area contributed by atoms with Gasteiger partial charge in [-0.2, -0.15) is 0 Å². The number of anilines is 1. The van der Waals surface area contributed by atoms with E-state index in [0.717, 1.165) is 0 Å². The lowest BCUT2D eigenvalue weighted by Gasteiger charge is -2.15. The van der Waals surface area contributed by atoms with Crippen LogP contribution in [0.2, 0.25) is 0 Å². The highest BCUT2D eigenvalue weighted by atomic mass is 16.4. The van der Waals surface area contributed by atoms with E-state index in [9.17, 15) is 9.90 Å². The third-order valence-electron chi connectivity index (χ3n) is 2.06. The lowest BCUT2D eigenvalue weighted by Crippen LogP contribution is -2.21. The molecule has 1 rings (SSSR count). The standard InChI is InChI=1S/C11H16N2O3/c1-7(6-8(2)14)12-10-5-3-4-9(13-10)11(15)16/h3-5,7-8,14H,6H2,1-2H3,(H,12,13)(H,15,16). The molecule has 0 radical (unpaired) electrons. The number of carboxylic acid groups (broad SMARTS) is 1. The minimum Gasteiger partial charge on any atom is -0.477 e. The molecule has 16 heavy (non-hydrogen) atoms. The van der Waals surface area contributed by atoms with Gasteiger partial charge in [0.05, 0.1) is 6.10 Å².